The van der Waals surface area contributed by atoms with E-state index in [1.165, 1.54) is 12.1 Å². The molecule has 3 N–H and O–H groups in total. The minimum absolute atomic E-state index is 0.00973. The monoisotopic (exact) mass is 252 g/mol. The van der Waals surface area contributed by atoms with Crippen LogP contribution in [0.2, 0.25) is 0 Å². The molecule has 0 aliphatic carbocycles. The third-order valence-electron chi connectivity index (χ3n) is 2.83. The summed E-state index contributed by atoms with van der Waals surface area (Å²) in [4.78, 5) is 12.0. The summed E-state index contributed by atoms with van der Waals surface area (Å²) >= 11 is 0. The lowest BCUT2D eigenvalue weighted by atomic mass is 9.97. The molecule has 18 heavy (non-hydrogen) atoms. The Bertz CT molecular complexity index is 381. The Morgan fingerprint density at radius 3 is 2.39 bits per heavy atom. The van der Waals surface area contributed by atoms with Crippen molar-refractivity contribution in [2.45, 2.75) is 39.5 Å². The summed E-state index contributed by atoms with van der Waals surface area (Å²) in [6.07, 6.45) is 3.63. The predicted molar refractivity (Wildman–Crippen MR) is 72.7 cm³/mol. The largest absolute Gasteiger partial charge is 0.399 e. The van der Waals surface area contributed by atoms with E-state index in [2.05, 4.69) is 19.2 Å². The topological polar surface area (TPSA) is 55.1 Å². The number of carbonyl (C=O) groups is 1. The lowest BCUT2D eigenvalue weighted by molar-refractivity contribution is -0.120. The van der Waals surface area contributed by atoms with Gasteiger partial charge in [0, 0.05) is 17.3 Å². The molecule has 0 heterocycles. The number of hydrogen-bond acceptors (Lipinski definition) is 2. The SMILES string of the molecule is CCCC(CCC)C(=O)Nc1cc(N)cc(F)c1. The summed E-state index contributed by atoms with van der Waals surface area (Å²) in [7, 11) is 0. The van der Waals surface area contributed by atoms with Crippen LogP contribution >= 0.6 is 0 Å². The van der Waals surface area contributed by atoms with Crippen molar-refractivity contribution in [1.82, 2.24) is 0 Å². The van der Waals surface area contributed by atoms with Crippen LogP contribution in [0.5, 0.6) is 0 Å². The van der Waals surface area contributed by atoms with Crippen LogP contribution in [0.1, 0.15) is 39.5 Å². The fourth-order valence-corrected chi connectivity index (χ4v) is 2.03. The van der Waals surface area contributed by atoms with Gasteiger partial charge in [-0.05, 0) is 31.0 Å². The molecule has 0 unspecified atom stereocenters. The van der Waals surface area contributed by atoms with Gasteiger partial charge in [0.2, 0.25) is 5.91 Å². The number of nitrogens with one attached hydrogen (secondary N) is 1. The highest BCUT2D eigenvalue weighted by Gasteiger charge is 2.16. The second kappa shape index (κ2) is 6.99. The van der Waals surface area contributed by atoms with Gasteiger partial charge in [0.05, 0.1) is 0 Å². The zero-order valence-corrected chi connectivity index (χ0v) is 11.0. The Kier molecular flexibility index (Phi) is 5.62. The maximum atomic E-state index is 13.1. The average Bonchev–Trinajstić information content (AvgIpc) is 2.27. The van der Waals surface area contributed by atoms with E-state index in [1.807, 2.05) is 0 Å². The summed E-state index contributed by atoms with van der Waals surface area (Å²) < 4.78 is 13.1. The van der Waals surface area contributed by atoms with Gasteiger partial charge < -0.3 is 11.1 Å². The number of benzene rings is 1. The van der Waals surface area contributed by atoms with Crippen molar-refractivity contribution in [1.29, 1.82) is 0 Å². The zero-order valence-electron chi connectivity index (χ0n) is 11.0. The molecule has 0 aliphatic heterocycles. The van der Waals surface area contributed by atoms with E-state index >= 15 is 0 Å². The first kappa shape index (κ1) is 14.5. The third kappa shape index (κ3) is 4.35. The molecule has 0 aliphatic rings. The Hall–Kier alpha value is -1.58. The lowest BCUT2D eigenvalue weighted by Crippen LogP contribution is -2.22. The smallest absolute Gasteiger partial charge is 0.227 e. The van der Waals surface area contributed by atoms with Crippen LogP contribution < -0.4 is 11.1 Å². The van der Waals surface area contributed by atoms with E-state index < -0.39 is 5.82 Å². The number of nitrogens with two attached hydrogens (primary N) is 1. The molecule has 0 saturated carbocycles. The first-order chi connectivity index (χ1) is 8.56. The van der Waals surface area contributed by atoms with E-state index in [4.69, 9.17) is 5.73 Å². The van der Waals surface area contributed by atoms with E-state index in [0.717, 1.165) is 25.7 Å². The number of rotatable bonds is 6. The van der Waals surface area contributed by atoms with Crippen molar-refractivity contribution >= 4 is 17.3 Å². The summed E-state index contributed by atoms with van der Waals surface area (Å²) in [5, 5.41) is 2.73. The molecule has 0 spiro atoms. The highest BCUT2D eigenvalue weighted by molar-refractivity contribution is 5.92. The van der Waals surface area contributed by atoms with Crippen LogP contribution in [0.25, 0.3) is 0 Å². The van der Waals surface area contributed by atoms with Crippen LogP contribution in [-0.4, -0.2) is 5.91 Å². The number of nitrogen functional groups attached to an aromatic ring is 1. The van der Waals surface area contributed by atoms with Crippen molar-refractivity contribution in [2.24, 2.45) is 5.92 Å². The molecule has 1 rings (SSSR count). The van der Waals surface area contributed by atoms with Crippen LogP contribution in [0.4, 0.5) is 15.8 Å². The van der Waals surface area contributed by atoms with Crippen LogP contribution in [0.3, 0.4) is 0 Å². The third-order valence-corrected chi connectivity index (χ3v) is 2.83. The molecule has 0 aromatic heterocycles. The number of halogens is 1. The van der Waals surface area contributed by atoms with Gasteiger partial charge in [0.25, 0.3) is 0 Å². The first-order valence-electron chi connectivity index (χ1n) is 6.43. The van der Waals surface area contributed by atoms with Gasteiger partial charge in [-0.2, -0.15) is 0 Å². The van der Waals surface area contributed by atoms with Gasteiger partial charge in [0.15, 0.2) is 0 Å². The van der Waals surface area contributed by atoms with E-state index in [1.54, 1.807) is 6.07 Å². The van der Waals surface area contributed by atoms with Crippen LogP contribution in [0.15, 0.2) is 18.2 Å². The van der Waals surface area contributed by atoms with Crippen molar-refractivity contribution in [3.8, 4) is 0 Å². The van der Waals surface area contributed by atoms with Crippen molar-refractivity contribution < 1.29 is 9.18 Å². The average molecular weight is 252 g/mol. The summed E-state index contributed by atoms with van der Waals surface area (Å²) in [6, 6.07) is 4.07. The standard InChI is InChI=1S/C14H21FN2O/c1-3-5-10(6-4-2)14(18)17-13-8-11(15)7-12(16)9-13/h7-10H,3-6,16H2,1-2H3,(H,17,18). The fraction of sp³-hybridized carbons (Fsp3) is 0.500. The van der Waals surface area contributed by atoms with E-state index in [9.17, 15) is 9.18 Å². The van der Waals surface area contributed by atoms with Gasteiger partial charge >= 0.3 is 0 Å². The molecule has 0 bridgehead atoms. The van der Waals surface area contributed by atoms with Crippen LogP contribution in [-0.2, 0) is 4.79 Å². The maximum Gasteiger partial charge on any atom is 0.227 e. The predicted octanol–water partition coefficient (Wildman–Crippen LogP) is 3.56. The number of anilines is 2. The van der Waals surface area contributed by atoms with E-state index in [-0.39, 0.29) is 11.8 Å². The van der Waals surface area contributed by atoms with Gasteiger partial charge in [-0.1, -0.05) is 26.7 Å². The second-order valence-electron chi connectivity index (χ2n) is 4.54. The van der Waals surface area contributed by atoms with Gasteiger partial charge in [-0.25, -0.2) is 4.39 Å². The Morgan fingerprint density at radius 1 is 1.28 bits per heavy atom. The number of carbonyl (C=O) groups excluding carboxylic acids is 1. The Morgan fingerprint density at radius 2 is 1.89 bits per heavy atom. The Labute approximate surface area is 108 Å². The minimum Gasteiger partial charge on any atom is -0.399 e. The molecule has 1 aromatic rings. The van der Waals surface area contributed by atoms with E-state index in [0.29, 0.717) is 11.4 Å². The van der Waals surface area contributed by atoms with Crippen molar-refractivity contribution in [2.75, 3.05) is 11.1 Å². The number of amides is 1. The molecule has 0 atom stereocenters. The molecule has 4 heteroatoms. The highest BCUT2D eigenvalue weighted by Crippen LogP contribution is 2.19. The first-order valence-corrected chi connectivity index (χ1v) is 6.43. The maximum absolute atomic E-state index is 13.1. The normalized spacial score (nSPS) is 10.7. The quantitative estimate of drug-likeness (QED) is 0.760. The number of hydrogen-bond donors (Lipinski definition) is 2. The molecule has 0 saturated heterocycles. The summed E-state index contributed by atoms with van der Waals surface area (Å²) in [5.41, 5.74) is 6.28. The molecule has 3 nitrogen and oxygen atoms in total. The lowest BCUT2D eigenvalue weighted by Gasteiger charge is -2.15. The molecule has 1 amide bonds. The summed E-state index contributed by atoms with van der Waals surface area (Å²) in [6.45, 7) is 4.10. The van der Waals surface area contributed by atoms with Gasteiger partial charge in [-0.15, -0.1) is 0 Å². The molecule has 1 aromatic carbocycles. The van der Waals surface area contributed by atoms with Crippen molar-refractivity contribution in [3.63, 3.8) is 0 Å². The second-order valence-corrected chi connectivity index (χ2v) is 4.54. The minimum atomic E-state index is -0.437. The van der Waals surface area contributed by atoms with Gasteiger partial charge in [-0.3, -0.25) is 4.79 Å². The Balaban J connectivity index is 2.72. The molecule has 100 valence electrons. The summed E-state index contributed by atoms with van der Waals surface area (Å²) in [5.74, 6) is -0.499. The van der Waals surface area contributed by atoms with Crippen LogP contribution in [0, 0.1) is 11.7 Å². The molecular weight excluding hydrogens is 231 g/mol. The van der Waals surface area contributed by atoms with Gasteiger partial charge in [0.1, 0.15) is 5.82 Å². The van der Waals surface area contributed by atoms with Crippen molar-refractivity contribution in [3.05, 3.63) is 24.0 Å². The zero-order chi connectivity index (χ0) is 13.5. The molecule has 0 fully saturated rings. The fourth-order valence-electron chi connectivity index (χ4n) is 2.03. The highest BCUT2D eigenvalue weighted by atomic mass is 19.1. The molecule has 0 radical (unpaired) electrons. The molecular formula is C14H21FN2O.